The molecule has 0 radical (unpaired) electrons. The fourth-order valence-electron chi connectivity index (χ4n) is 2.04. The van der Waals surface area contributed by atoms with Crippen molar-refractivity contribution in [2.45, 2.75) is 6.92 Å². The molecule has 5 heteroatoms. The molecule has 1 heterocycles. The lowest BCUT2D eigenvalue weighted by Crippen LogP contribution is -1.99. The molecule has 0 amide bonds. The second-order valence-electron chi connectivity index (χ2n) is 4.54. The number of nitrogen functional groups attached to an aromatic ring is 1. The molecular weight excluding hydrogens is 255 g/mol. The molecule has 1 aromatic heterocycles. The predicted molar refractivity (Wildman–Crippen MR) is 78.4 cm³/mol. The van der Waals surface area contributed by atoms with E-state index in [1.807, 2.05) is 6.07 Å². The minimum Gasteiger partial charge on any atom is -0.399 e. The molecule has 0 unspecified atom stereocenters. The highest BCUT2D eigenvalue weighted by Gasteiger charge is 2.08. The molecule has 3 N–H and O–H groups in total. The van der Waals surface area contributed by atoms with Gasteiger partial charge in [-0.2, -0.15) is 0 Å². The minimum absolute atomic E-state index is 0.257. The van der Waals surface area contributed by atoms with Crippen molar-refractivity contribution in [2.75, 3.05) is 11.1 Å². The van der Waals surface area contributed by atoms with Crippen LogP contribution in [0.3, 0.4) is 0 Å². The Hall–Kier alpha value is -2.69. The molecule has 4 nitrogen and oxygen atoms in total. The van der Waals surface area contributed by atoms with Gasteiger partial charge in [-0.1, -0.05) is 6.07 Å². The standard InChI is InChI=1S/C15H13FN4/c1-9-12(16)3-2-4-13(9)20-15-11-7-10(17)5-6-14(11)18-8-19-15/h2-8H,17H2,1H3,(H,18,19,20). The number of hydrogen-bond acceptors (Lipinski definition) is 4. The van der Waals surface area contributed by atoms with Gasteiger partial charge in [-0.25, -0.2) is 14.4 Å². The van der Waals surface area contributed by atoms with Gasteiger partial charge in [0.2, 0.25) is 0 Å². The van der Waals surface area contributed by atoms with Crippen molar-refractivity contribution >= 4 is 28.1 Å². The predicted octanol–water partition coefficient (Wildman–Crippen LogP) is 3.40. The van der Waals surface area contributed by atoms with E-state index in [2.05, 4.69) is 15.3 Å². The van der Waals surface area contributed by atoms with Gasteiger partial charge in [0.05, 0.1) is 5.52 Å². The van der Waals surface area contributed by atoms with E-state index in [4.69, 9.17) is 5.73 Å². The first kappa shape index (κ1) is 12.3. The summed E-state index contributed by atoms with van der Waals surface area (Å²) in [5, 5.41) is 3.94. The smallest absolute Gasteiger partial charge is 0.141 e. The van der Waals surface area contributed by atoms with E-state index in [1.54, 1.807) is 31.2 Å². The second kappa shape index (κ2) is 4.77. The van der Waals surface area contributed by atoms with Crippen molar-refractivity contribution in [3.63, 3.8) is 0 Å². The molecule has 0 aliphatic heterocycles. The number of halogens is 1. The third-order valence-corrected chi connectivity index (χ3v) is 3.18. The third kappa shape index (κ3) is 2.14. The van der Waals surface area contributed by atoms with Crippen molar-refractivity contribution in [1.29, 1.82) is 0 Å². The molecule has 0 atom stereocenters. The monoisotopic (exact) mass is 268 g/mol. The molecule has 0 saturated heterocycles. The van der Waals surface area contributed by atoms with Gasteiger partial charge in [0.25, 0.3) is 0 Å². The van der Waals surface area contributed by atoms with Gasteiger partial charge in [-0.15, -0.1) is 0 Å². The number of hydrogen-bond donors (Lipinski definition) is 2. The van der Waals surface area contributed by atoms with Crippen LogP contribution in [-0.2, 0) is 0 Å². The van der Waals surface area contributed by atoms with Crippen LogP contribution in [0.25, 0.3) is 10.9 Å². The zero-order chi connectivity index (χ0) is 14.1. The second-order valence-corrected chi connectivity index (χ2v) is 4.54. The van der Waals surface area contributed by atoms with Gasteiger partial charge in [-0.05, 0) is 37.3 Å². The Kier molecular flexibility index (Phi) is 2.95. The van der Waals surface area contributed by atoms with Gasteiger partial charge >= 0.3 is 0 Å². The lowest BCUT2D eigenvalue weighted by molar-refractivity contribution is 0.619. The van der Waals surface area contributed by atoms with E-state index in [1.165, 1.54) is 12.4 Å². The number of rotatable bonds is 2. The highest BCUT2D eigenvalue weighted by Crippen LogP contribution is 2.27. The van der Waals surface area contributed by atoms with Crippen LogP contribution in [0.5, 0.6) is 0 Å². The summed E-state index contributed by atoms with van der Waals surface area (Å²) in [4.78, 5) is 8.40. The average molecular weight is 268 g/mol. The molecule has 0 spiro atoms. The van der Waals surface area contributed by atoms with Crippen molar-refractivity contribution in [1.82, 2.24) is 9.97 Å². The normalized spacial score (nSPS) is 10.7. The maximum absolute atomic E-state index is 13.6. The van der Waals surface area contributed by atoms with Crippen LogP contribution in [0.4, 0.5) is 21.6 Å². The van der Waals surface area contributed by atoms with Crippen molar-refractivity contribution < 1.29 is 4.39 Å². The van der Waals surface area contributed by atoms with E-state index in [0.717, 1.165) is 10.9 Å². The van der Waals surface area contributed by atoms with Gasteiger partial charge in [0, 0.05) is 22.3 Å². The fourth-order valence-corrected chi connectivity index (χ4v) is 2.04. The largest absolute Gasteiger partial charge is 0.399 e. The Bertz CT molecular complexity index is 786. The highest BCUT2D eigenvalue weighted by atomic mass is 19.1. The molecule has 3 rings (SSSR count). The molecule has 0 aliphatic rings. The Labute approximate surface area is 115 Å². The fraction of sp³-hybridized carbons (Fsp3) is 0.0667. The van der Waals surface area contributed by atoms with Crippen LogP contribution in [0, 0.1) is 12.7 Å². The number of anilines is 3. The molecule has 3 aromatic rings. The van der Waals surface area contributed by atoms with E-state index >= 15 is 0 Å². The van der Waals surface area contributed by atoms with Crippen molar-refractivity contribution in [3.05, 3.63) is 54.1 Å². The zero-order valence-corrected chi connectivity index (χ0v) is 10.9. The Morgan fingerprint density at radius 1 is 1.15 bits per heavy atom. The number of fused-ring (bicyclic) bond motifs is 1. The molecule has 20 heavy (non-hydrogen) atoms. The quantitative estimate of drug-likeness (QED) is 0.699. The Morgan fingerprint density at radius 2 is 2.00 bits per heavy atom. The molecule has 2 aromatic carbocycles. The molecule has 0 bridgehead atoms. The molecule has 0 fully saturated rings. The van der Waals surface area contributed by atoms with E-state index in [0.29, 0.717) is 22.8 Å². The van der Waals surface area contributed by atoms with E-state index in [-0.39, 0.29) is 5.82 Å². The summed E-state index contributed by atoms with van der Waals surface area (Å²) in [6.07, 6.45) is 1.47. The average Bonchev–Trinajstić information content (AvgIpc) is 2.44. The summed E-state index contributed by atoms with van der Waals surface area (Å²) < 4.78 is 13.6. The van der Waals surface area contributed by atoms with Crippen LogP contribution in [0.1, 0.15) is 5.56 Å². The van der Waals surface area contributed by atoms with Crippen LogP contribution < -0.4 is 11.1 Å². The van der Waals surface area contributed by atoms with Gasteiger partial charge in [-0.3, -0.25) is 0 Å². The first-order valence-electron chi connectivity index (χ1n) is 6.17. The number of nitrogens with zero attached hydrogens (tertiary/aromatic N) is 2. The van der Waals surface area contributed by atoms with Crippen LogP contribution >= 0.6 is 0 Å². The summed E-state index contributed by atoms with van der Waals surface area (Å²) >= 11 is 0. The van der Waals surface area contributed by atoms with Crippen molar-refractivity contribution in [3.8, 4) is 0 Å². The lowest BCUT2D eigenvalue weighted by atomic mass is 10.1. The first-order chi connectivity index (χ1) is 9.65. The first-order valence-corrected chi connectivity index (χ1v) is 6.17. The van der Waals surface area contributed by atoms with Gasteiger partial charge in [0.15, 0.2) is 0 Å². The summed E-state index contributed by atoms with van der Waals surface area (Å²) in [6, 6.07) is 10.3. The molecule has 0 saturated carbocycles. The molecule has 0 aliphatic carbocycles. The zero-order valence-electron chi connectivity index (χ0n) is 10.9. The summed E-state index contributed by atoms with van der Waals surface area (Å²) in [7, 11) is 0. The summed E-state index contributed by atoms with van der Waals surface area (Å²) in [6.45, 7) is 1.72. The van der Waals surface area contributed by atoms with Crippen LogP contribution in [0.2, 0.25) is 0 Å². The maximum atomic E-state index is 13.6. The lowest BCUT2D eigenvalue weighted by Gasteiger charge is -2.11. The number of nitrogens with two attached hydrogens (primary N) is 1. The minimum atomic E-state index is -0.257. The SMILES string of the molecule is Cc1c(F)cccc1Nc1ncnc2ccc(N)cc12. The maximum Gasteiger partial charge on any atom is 0.141 e. The van der Waals surface area contributed by atoms with Crippen LogP contribution in [0.15, 0.2) is 42.7 Å². The number of nitrogens with one attached hydrogen (secondary N) is 1. The number of benzene rings is 2. The molecular formula is C15H13FN4. The van der Waals surface area contributed by atoms with E-state index < -0.39 is 0 Å². The summed E-state index contributed by atoms with van der Waals surface area (Å²) in [5.74, 6) is 0.351. The molecule has 100 valence electrons. The van der Waals surface area contributed by atoms with E-state index in [9.17, 15) is 4.39 Å². The van der Waals surface area contributed by atoms with Gasteiger partial charge in [0.1, 0.15) is 18.0 Å². The van der Waals surface area contributed by atoms with Crippen molar-refractivity contribution in [2.24, 2.45) is 0 Å². The number of aromatic nitrogens is 2. The third-order valence-electron chi connectivity index (χ3n) is 3.18. The van der Waals surface area contributed by atoms with Crippen LogP contribution in [-0.4, -0.2) is 9.97 Å². The summed E-state index contributed by atoms with van der Waals surface area (Å²) in [5.41, 5.74) is 8.43. The van der Waals surface area contributed by atoms with Gasteiger partial charge < -0.3 is 11.1 Å². The highest BCUT2D eigenvalue weighted by molar-refractivity contribution is 5.92. The Morgan fingerprint density at radius 3 is 2.85 bits per heavy atom. The Balaban J connectivity index is 2.11. The topological polar surface area (TPSA) is 63.8 Å².